The third-order valence-electron chi connectivity index (χ3n) is 4.51. The second kappa shape index (κ2) is 7.86. The second-order valence-corrected chi connectivity index (χ2v) is 9.69. The molecule has 29 heavy (non-hydrogen) atoms. The largest absolute Gasteiger partial charge is 0.352 e. The Kier molecular flexibility index (Phi) is 5.42. The SMILES string of the molecule is Cc1ccc(-c2cc3c(N[C@@H](c4ccccc4)P(=O)(O)O)ncnc3s2)cc1Cl. The number of nitrogens with zero attached hydrogens (tertiary/aromatic N) is 2. The Hall–Kier alpha value is -2.28. The monoisotopic (exact) mass is 445 g/mol. The molecule has 0 spiro atoms. The average Bonchev–Trinajstić information content (AvgIpc) is 3.13. The molecule has 0 saturated carbocycles. The van der Waals surface area contributed by atoms with Crippen LogP contribution in [0.15, 0.2) is 60.9 Å². The summed E-state index contributed by atoms with van der Waals surface area (Å²) in [4.78, 5) is 30.0. The topological polar surface area (TPSA) is 95.3 Å². The first-order chi connectivity index (χ1) is 13.8. The van der Waals surface area contributed by atoms with Crippen LogP contribution in [-0.2, 0) is 4.57 Å². The van der Waals surface area contributed by atoms with E-state index in [-0.39, 0.29) is 0 Å². The van der Waals surface area contributed by atoms with Gasteiger partial charge in [-0.2, -0.15) is 0 Å². The van der Waals surface area contributed by atoms with Gasteiger partial charge in [-0.05, 0) is 35.7 Å². The summed E-state index contributed by atoms with van der Waals surface area (Å²) in [5.41, 5.74) is 2.42. The number of fused-ring (bicyclic) bond motifs is 1. The summed E-state index contributed by atoms with van der Waals surface area (Å²) in [6, 6.07) is 16.3. The van der Waals surface area contributed by atoms with E-state index in [0.717, 1.165) is 16.0 Å². The van der Waals surface area contributed by atoms with Crippen LogP contribution in [0.5, 0.6) is 0 Å². The molecule has 0 bridgehead atoms. The highest BCUT2D eigenvalue weighted by Gasteiger charge is 2.31. The molecule has 0 aliphatic rings. The molecule has 6 nitrogen and oxygen atoms in total. The smallest absolute Gasteiger partial charge is 0.352 e. The van der Waals surface area contributed by atoms with E-state index in [0.29, 0.717) is 26.6 Å². The molecule has 0 saturated heterocycles. The van der Waals surface area contributed by atoms with E-state index in [2.05, 4.69) is 15.3 Å². The van der Waals surface area contributed by atoms with Crippen molar-refractivity contribution in [1.82, 2.24) is 9.97 Å². The maximum Gasteiger partial charge on any atom is 0.352 e. The van der Waals surface area contributed by atoms with Crippen LogP contribution in [0.3, 0.4) is 0 Å². The number of hydrogen-bond acceptors (Lipinski definition) is 5. The molecule has 1 atom stereocenters. The second-order valence-electron chi connectivity index (χ2n) is 6.56. The van der Waals surface area contributed by atoms with Gasteiger partial charge in [-0.3, -0.25) is 4.57 Å². The fraction of sp³-hybridized carbons (Fsp3) is 0.100. The van der Waals surface area contributed by atoms with E-state index >= 15 is 0 Å². The molecule has 0 fully saturated rings. The zero-order valence-corrected chi connectivity index (χ0v) is 17.7. The van der Waals surface area contributed by atoms with Gasteiger partial charge in [0.25, 0.3) is 0 Å². The van der Waals surface area contributed by atoms with Crippen molar-refractivity contribution in [3.63, 3.8) is 0 Å². The minimum absolute atomic E-state index is 0.368. The predicted molar refractivity (Wildman–Crippen MR) is 117 cm³/mol. The number of nitrogens with one attached hydrogen (secondary N) is 1. The molecule has 2 heterocycles. The highest BCUT2D eigenvalue weighted by molar-refractivity contribution is 7.52. The zero-order chi connectivity index (χ0) is 20.6. The quantitative estimate of drug-likeness (QED) is 0.346. The third kappa shape index (κ3) is 4.20. The molecule has 0 unspecified atom stereocenters. The van der Waals surface area contributed by atoms with E-state index in [4.69, 9.17) is 11.6 Å². The first-order valence-electron chi connectivity index (χ1n) is 8.71. The Labute approximate surface area is 176 Å². The van der Waals surface area contributed by atoms with E-state index in [1.807, 2.05) is 31.2 Å². The van der Waals surface area contributed by atoms with E-state index in [9.17, 15) is 14.4 Å². The minimum atomic E-state index is -4.49. The average molecular weight is 446 g/mol. The van der Waals surface area contributed by atoms with Crippen molar-refractivity contribution in [2.75, 3.05) is 5.32 Å². The molecule has 2 aromatic carbocycles. The number of benzene rings is 2. The van der Waals surface area contributed by atoms with Gasteiger partial charge in [0.1, 0.15) is 17.0 Å². The fourth-order valence-electron chi connectivity index (χ4n) is 2.99. The molecule has 4 aromatic rings. The Morgan fingerprint density at radius 2 is 1.86 bits per heavy atom. The van der Waals surface area contributed by atoms with Crippen molar-refractivity contribution in [2.24, 2.45) is 0 Å². The third-order valence-corrected chi connectivity index (χ3v) is 7.11. The lowest BCUT2D eigenvalue weighted by molar-refractivity contribution is 0.363. The molecule has 3 N–H and O–H groups in total. The van der Waals surface area contributed by atoms with Gasteiger partial charge in [0.2, 0.25) is 0 Å². The maximum absolute atomic E-state index is 12.1. The van der Waals surface area contributed by atoms with Gasteiger partial charge < -0.3 is 15.1 Å². The molecule has 148 valence electrons. The van der Waals surface area contributed by atoms with Crippen molar-refractivity contribution in [3.05, 3.63) is 77.1 Å². The number of aromatic nitrogens is 2. The molecular weight excluding hydrogens is 429 g/mol. The van der Waals surface area contributed by atoms with Crippen LogP contribution in [0.25, 0.3) is 20.7 Å². The summed E-state index contributed by atoms with van der Waals surface area (Å²) in [6.45, 7) is 1.94. The zero-order valence-electron chi connectivity index (χ0n) is 15.3. The van der Waals surface area contributed by atoms with Gasteiger partial charge in [0.15, 0.2) is 5.78 Å². The summed E-state index contributed by atoms with van der Waals surface area (Å²) in [6.07, 6.45) is 1.38. The summed E-state index contributed by atoms with van der Waals surface area (Å²) < 4.78 is 12.1. The molecule has 9 heteroatoms. The van der Waals surface area contributed by atoms with Crippen LogP contribution in [0.2, 0.25) is 5.02 Å². The Morgan fingerprint density at radius 3 is 2.55 bits per heavy atom. The summed E-state index contributed by atoms with van der Waals surface area (Å²) in [7, 11) is -4.49. The van der Waals surface area contributed by atoms with Gasteiger partial charge in [-0.25, -0.2) is 9.97 Å². The summed E-state index contributed by atoms with van der Waals surface area (Å²) >= 11 is 7.72. The van der Waals surface area contributed by atoms with Crippen LogP contribution < -0.4 is 5.32 Å². The van der Waals surface area contributed by atoms with Gasteiger partial charge >= 0.3 is 7.60 Å². The lowest BCUT2D eigenvalue weighted by Gasteiger charge is -2.21. The van der Waals surface area contributed by atoms with E-state index in [1.54, 1.807) is 30.3 Å². The molecule has 0 amide bonds. The minimum Gasteiger partial charge on any atom is -0.352 e. The van der Waals surface area contributed by atoms with Crippen LogP contribution in [-0.4, -0.2) is 19.8 Å². The number of hydrogen-bond donors (Lipinski definition) is 3. The molecule has 4 rings (SSSR count). The lowest BCUT2D eigenvalue weighted by Crippen LogP contribution is -2.12. The lowest BCUT2D eigenvalue weighted by atomic mass is 10.1. The van der Waals surface area contributed by atoms with Crippen molar-refractivity contribution in [1.29, 1.82) is 0 Å². The van der Waals surface area contributed by atoms with Gasteiger partial charge in [0.05, 0.1) is 5.39 Å². The van der Waals surface area contributed by atoms with Crippen molar-refractivity contribution >= 4 is 46.6 Å². The van der Waals surface area contributed by atoms with Crippen LogP contribution in [0, 0.1) is 6.92 Å². The first-order valence-corrected chi connectivity index (χ1v) is 11.6. The molecule has 0 radical (unpaired) electrons. The van der Waals surface area contributed by atoms with Crippen molar-refractivity contribution < 1.29 is 14.4 Å². The van der Waals surface area contributed by atoms with Crippen LogP contribution in [0.1, 0.15) is 16.9 Å². The number of thiophene rings is 1. The van der Waals surface area contributed by atoms with Gasteiger partial charge in [-0.15, -0.1) is 11.3 Å². The summed E-state index contributed by atoms with van der Waals surface area (Å²) in [5, 5.41) is 4.30. The highest BCUT2D eigenvalue weighted by atomic mass is 35.5. The molecule has 2 aromatic heterocycles. The van der Waals surface area contributed by atoms with Crippen LogP contribution >= 0.6 is 30.5 Å². The number of halogens is 1. The Morgan fingerprint density at radius 1 is 1.10 bits per heavy atom. The standard InChI is InChI=1S/C20H17ClN3O3PS/c1-12-7-8-14(9-16(12)21)17-10-15-18(22-11-23-20(15)29-17)24-19(28(25,26)27)13-5-3-2-4-6-13/h2-11,19H,1H3,(H,22,23,24)(H2,25,26,27)/t19-/m1/s1. The Balaban J connectivity index is 1.77. The normalized spacial score (nSPS) is 12.8. The van der Waals surface area contributed by atoms with Crippen molar-refractivity contribution in [3.8, 4) is 10.4 Å². The fourth-order valence-corrected chi connectivity index (χ4v) is 5.01. The van der Waals surface area contributed by atoms with Crippen LogP contribution in [0.4, 0.5) is 5.82 Å². The summed E-state index contributed by atoms with van der Waals surface area (Å²) in [5.74, 6) is -0.841. The number of rotatable bonds is 5. The number of aryl methyl sites for hydroxylation is 1. The van der Waals surface area contributed by atoms with Crippen molar-refractivity contribution in [2.45, 2.75) is 12.7 Å². The Bertz CT molecular complexity index is 1230. The van der Waals surface area contributed by atoms with E-state index < -0.39 is 13.4 Å². The predicted octanol–water partition coefficient (Wildman–Crippen LogP) is 5.61. The first kappa shape index (κ1) is 20.0. The molecule has 0 aliphatic carbocycles. The van der Waals surface area contributed by atoms with Gasteiger partial charge in [0, 0.05) is 9.90 Å². The van der Waals surface area contributed by atoms with Gasteiger partial charge in [-0.1, -0.05) is 54.1 Å². The molecular formula is C20H17ClN3O3PS. The van der Waals surface area contributed by atoms with E-state index in [1.165, 1.54) is 17.7 Å². The number of anilines is 1. The molecule has 0 aliphatic heterocycles. The highest BCUT2D eigenvalue weighted by Crippen LogP contribution is 2.52. The maximum atomic E-state index is 12.1.